The van der Waals surface area contributed by atoms with Gasteiger partial charge in [0.2, 0.25) is 0 Å². The summed E-state index contributed by atoms with van der Waals surface area (Å²) in [5, 5.41) is 0. The largest absolute Gasteiger partial charge is 0.326 e. The molecule has 1 aliphatic rings. The van der Waals surface area contributed by atoms with E-state index in [0.29, 0.717) is 12.5 Å². The highest BCUT2D eigenvalue weighted by Crippen LogP contribution is 2.41. The maximum Gasteiger partial charge on any atom is 0.0178 e. The van der Waals surface area contributed by atoms with Gasteiger partial charge in [-0.2, -0.15) is 0 Å². The van der Waals surface area contributed by atoms with Crippen molar-refractivity contribution in [3.8, 4) is 0 Å². The van der Waals surface area contributed by atoms with Gasteiger partial charge < -0.3 is 5.73 Å². The summed E-state index contributed by atoms with van der Waals surface area (Å²) in [6.07, 6.45) is 0. The van der Waals surface area contributed by atoms with E-state index in [1.807, 2.05) is 23.5 Å². The van der Waals surface area contributed by atoms with Crippen LogP contribution in [0.15, 0.2) is 58.3 Å². The molecule has 2 aromatic rings. The highest BCUT2D eigenvalue weighted by atomic mass is 32.2. The van der Waals surface area contributed by atoms with Crippen molar-refractivity contribution in [3.05, 3.63) is 59.7 Å². The van der Waals surface area contributed by atoms with E-state index >= 15 is 0 Å². The van der Waals surface area contributed by atoms with Crippen LogP contribution in [0.25, 0.3) is 0 Å². The Labute approximate surface area is 123 Å². The Morgan fingerprint density at radius 2 is 2.05 bits per heavy atom. The average molecular weight is 287 g/mol. The minimum absolute atomic E-state index is 0.622. The molecule has 2 aromatic carbocycles. The first-order chi connectivity index (χ1) is 9.36. The Morgan fingerprint density at radius 1 is 1.16 bits per heavy atom. The molecule has 0 radical (unpaired) electrons. The second-order valence-corrected chi connectivity index (χ2v) is 6.86. The maximum absolute atomic E-state index is 5.69. The van der Waals surface area contributed by atoms with Crippen LogP contribution in [0.2, 0.25) is 0 Å². The van der Waals surface area contributed by atoms with Crippen LogP contribution in [-0.2, 0) is 6.54 Å². The van der Waals surface area contributed by atoms with E-state index < -0.39 is 0 Å². The van der Waals surface area contributed by atoms with Crippen LogP contribution < -0.4 is 5.73 Å². The molecule has 1 unspecified atom stereocenters. The Hall–Kier alpha value is -0.900. The monoisotopic (exact) mass is 287 g/mol. The Kier molecular flexibility index (Phi) is 4.16. The van der Waals surface area contributed by atoms with Crippen LogP contribution in [0.4, 0.5) is 0 Å². The van der Waals surface area contributed by atoms with Crippen molar-refractivity contribution < 1.29 is 0 Å². The first-order valence-corrected chi connectivity index (χ1v) is 8.47. The molecule has 1 nitrogen and oxygen atoms in total. The van der Waals surface area contributed by atoms with Gasteiger partial charge in [0.15, 0.2) is 0 Å². The highest BCUT2D eigenvalue weighted by molar-refractivity contribution is 8.00. The molecule has 19 heavy (non-hydrogen) atoms. The number of benzene rings is 2. The molecule has 0 aliphatic carbocycles. The lowest BCUT2D eigenvalue weighted by Crippen LogP contribution is -2.00. The van der Waals surface area contributed by atoms with Gasteiger partial charge in [-0.05, 0) is 29.3 Å². The van der Waals surface area contributed by atoms with Gasteiger partial charge in [-0.25, -0.2) is 0 Å². The normalized spacial score (nSPS) is 17.4. The second kappa shape index (κ2) is 6.04. The van der Waals surface area contributed by atoms with E-state index in [4.69, 9.17) is 5.73 Å². The van der Waals surface area contributed by atoms with Gasteiger partial charge >= 0.3 is 0 Å². The lowest BCUT2D eigenvalue weighted by molar-refractivity contribution is 0.896. The molecule has 3 rings (SSSR count). The topological polar surface area (TPSA) is 26.0 Å². The third kappa shape index (κ3) is 2.99. The van der Waals surface area contributed by atoms with Crippen molar-refractivity contribution in [2.75, 3.05) is 11.5 Å². The van der Waals surface area contributed by atoms with Crippen molar-refractivity contribution in [1.29, 1.82) is 0 Å². The van der Waals surface area contributed by atoms with Gasteiger partial charge in [0.25, 0.3) is 0 Å². The fourth-order valence-corrected chi connectivity index (χ4v) is 4.83. The molecule has 1 heterocycles. The molecule has 0 aromatic heterocycles. The predicted molar refractivity (Wildman–Crippen MR) is 85.0 cm³/mol. The fourth-order valence-electron chi connectivity index (χ4n) is 2.33. The second-order valence-electron chi connectivity index (χ2n) is 4.71. The minimum Gasteiger partial charge on any atom is -0.326 e. The van der Waals surface area contributed by atoms with Gasteiger partial charge in [0.05, 0.1) is 0 Å². The summed E-state index contributed by atoms with van der Waals surface area (Å²) in [6, 6.07) is 17.4. The smallest absolute Gasteiger partial charge is 0.0178 e. The average Bonchev–Trinajstić information content (AvgIpc) is 2.89. The van der Waals surface area contributed by atoms with Gasteiger partial charge in [0.1, 0.15) is 0 Å². The van der Waals surface area contributed by atoms with Crippen molar-refractivity contribution >= 4 is 23.5 Å². The molecule has 0 fully saturated rings. The zero-order valence-corrected chi connectivity index (χ0v) is 12.3. The Bertz CT molecular complexity index is 568. The van der Waals surface area contributed by atoms with Gasteiger partial charge in [0, 0.05) is 33.8 Å². The van der Waals surface area contributed by atoms with Crippen molar-refractivity contribution in [1.82, 2.24) is 0 Å². The summed E-state index contributed by atoms with van der Waals surface area (Å²) in [5.74, 6) is 3.04. The van der Waals surface area contributed by atoms with Crippen molar-refractivity contribution in [3.63, 3.8) is 0 Å². The molecular weight excluding hydrogens is 270 g/mol. The van der Waals surface area contributed by atoms with Gasteiger partial charge in [-0.3, -0.25) is 0 Å². The maximum atomic E-state index is 5.69. The molecule has 98 valence electrons. The van der Waals surface area contributed by atoms with Crippen molar-refractivity contribution in [2.24, 2.45) is 5.73 Å². The van der Waals surface area contributed by atoms with Crippen LogP contribution >= 0.6 is 23.5 Å². The van der Waals surface area contributed by atoms with Crippen molar-refractivity contribution in [2.45, 2.75) is 22.3 Å². The highest BCUT2D eigenvalue weighted by Gasteiger charge is 2.22. The summed E-state index contributed by atoms with van der Waals surface area (Å²) in [4.78, 5) is 2.79. The van der Waals surface area contributed by atoms with Gasteiger partial charge in [-0.1, -0.05) is 30.3 Å². The Balaban J connectivity index is 1.67. The number of hydrogen-bond donors (Lipinski definition) is 1. The van der Waals surface area contributed by atoms with Crippen LogP contribution in [0.3, 0.4) is 0 Å². The summed E-state index contributed by atoms with van der Waals surface area (Å²) in [7, 11) is 0. The molecular formula is C16H17NS2. The van der Waals surface area contributed by atoms with Crippen LogP contribution in [0.5, 0.6) is 0 Å². The number of rotatable bonds is 4. The van der Waals surface area contributed by atoms with E-state index in [1.54, 1.807) is 0 Å². The first kappa shape index (κ1) is 13.1. The molecule has 0 saturated heterocycles. The molecule has 1 atom stereocenters. The molecule has 0 spiro atoms. The zero-order chi connectivity index (χ0) is 13.1. The molecule has 0 bridgehead atoms. The first-order valence-electron chi connectivity index (χ1n) is 6.50. The molecule has 0 amide bonds. The summed E-state index contributed by atoms with van der Waals surface area (Å²) in [5.41, 5.74) is 8.42. The summed E-state index contributed by atoms with van der Waals surface area (Å²) >= 11 is 3.93. The van der Waals surface area contributed by atoms with E-state index in [1.165, 1.54) is 26.7 Å². The molecule has 0 saturated carbocycles. The summed E-state index contributed by atoms with van der Waals surface area (Å²) < 4.78 is 0. The Morgan fingerprint density at radius 3 is 2.95 bits per heavy atom. The van der Waals surface area contributed by atoms with Crippen LogP contribution in [0.1, 0.15) is 17.0 Å². The standard InChI is InChI=1S/C16H17NS2/c17-9-12-4-3-5-14(8-12)18-10-13-11-19-16-7-2-1-6-15(13)16/h1-8,13H,9-11,17H2. The van der Waals surface area contributed by atoms with E-state index in [-0.39, 0.29) is 0 Å². The summed E-state index contributed by atoms with van der Waals surface area (Å²) in [6.45, 7) is 0.622. The zero-order valence-electron chi connectivity index (χ0n) is 10.7. The number of thioether (sulfide) groups is 2. The number of nitrogens with two attached hydrogens (primary N) is 1. The molecule has 1 aliphatic heterocycles. The predicted octanol–water partition coefficient (Wildman–Crippen LogP) is 4.13. The van der Waals surface area contributed by atoms with E-state index in [9.17, 15) is 0 Å². The SMILES string of the molecule is NCc1cccc(SCC2CSc3ccccc32)c1. The number of hydrogen-bond acceptors (Lipinski definition) is 3. The lowest BCUT2D eigenvalue weighted by Gasteiger charge is -2.10. The quantitative estimate of drug-likeness (QED) is 0.856. The third-order valence-electron chi connectivity index (χ3n) is 3.38. The molecule has 3 heteroatoms. The fraction of sp³-hybridized carbons (Fsp3) is 0.250. The van der Waals surface area contributed by atoms with Gasteiger partial charge in [-0.15, -0.1) is 23.5 Å². The van der Waals surface area contributed by atoms with Crippen LogP contribution in [0, 0.1) is 0 Å². The minimum atomic E-state index is 0.622. The van der Waals surface area contributed by atoms with E-state index in [0.717, 1.165) is 5.75 Å². The lowest BCUT2D eigenvalue weighted by atomic mass is 10.0. The molecule has 2 N–H and O–H groups in total. The van der Waals surface area contributed by atoms with E-state index in [2.05, 4.69) is 48.5 Å². The third-order valence-corrected chi connectivity index (χ3v) is 5.79. The van der Waals surface area contributed by atoms with Crippen LogP contribution in [-0.4, -0.2) is 11.5 Å². The number of fused-ring (bicyclic) bond motifs is 1.